The zero-order chi connectivity index (χ0) is 18.8. The molecule has 0 bridgehead atoms. The van der Waals surface area contributed by atoms with E-state index in [2.05, 4.69) is 39.7 Å². The maximum atomic E-state index is 13.1. The average molecular weight is 349 g/mol. The third-order valence-corrected chi connectivity index (χ3v) is 4.55. The first-order chi connectivity index (χ1) is 11.7. The number of nitrogens with zero attached hydrogens (tertiary/aromatic N) is 3. The van der Waals surface area contributed by atoms with Gasteiger partial charge in [-0.3, -0.25) is 14.3 Å². The fraction of sp³-hybridized carbons (Fsp3) is 0.737. The highest BCUT2D eigenvalue weighted by Gasteiger charge is 2.33. The monoisotopic (exact) mass is 349 g/mol. The number of rotatable bonds is 4. The van der Waals surface area contributed by atoms with E-state index in [1.54, 1.807) is 18.0 Å². The van der Waals surface area contributed by atoms with Gasteiger partial charge in [-0.2, -0.15) is 5.10 Å². The maximum Gasteiger partial charge on any atom is 0.310 e. The van der Waals surface area contributed by atoms with Crippen LogP contribution in [0, 0.1) is 5.92 Å². The van der Waals surface area contributed by atoms with Gasteiger partial charge in [0.1, 0.15) is 0 Å². The van der Waals surface area contributed by atoms with E-state index in [0.29, 0.717) is 25.3 Å². The number of likely N-dealkylation sites (tertiary alicyclic amines) is 1. The van der Waals surface area contributed by atoms with Gasteiger partial charge in [0.25, 0.3) is 5.91 Å². The van der Waals surface area contributed by atoms with Gasteiger partial charge in [-0.15, -0.1) is 0 Å². The summed E-state index contributed by atoms with van der Waals surface area (Å²) in [6.07, 6.45) is 3.28. The Balaban J connectivity index is 2.26. The molecule has 0 radical (unpaired) electrons. The number of esters is 1. The van der Waals surface area contributed by atoms with Crippen molar-refractivity contribution in [3.8, 4) is 0 Å². The van der Waals surface area contributed by atoms with Crippen LogP contribution in [0.25, 0.3) is 0 Å². The number of amides is 1. The number of carbonyl (C=O) groups is 2. The molecule has 0 unspecified atom stereocenters. The van der Waals surface area contributed by atoms with Gasteiger partial charge in [0.05, 0.1) is 35.5 Å². The molecule has 0 aromatic carbocycles. The van der Waals surface area contributed by atoms with Gasteiger partial charge in [0, 0.05) is 13.1 Å². The normalized spacial score (nSPS) is 18.5. The standard InChI is InChI=1S/C19H31N3O3/c1-7-25-18(24)14-9-8-10-21(12-14)17(23)15-11-20-22(19(4,5)6)16(15)13(2)3/h11,13-14H,7-10,12H2,1-6H3/t14-/m1/s1. The Kier molecular flexibility index (Phi) is 5.91. The van der Waals surface area contributed by atoms with Crippen LogP contribution in [-0.2, 0) is 15.1 Å². The smallest absolute Gasteiger partial charge is 0.310 e. The number of ether oxygens (including phenoxy) is 1. The molecule has 0 spiro atoms. The van der Waals surface area contributed by atoms with E-state index in [-0.39, 0.29) is 29.3 Å². The maximum absolute atomic E-state index is 13.1. The summed E-state index contributed by atoms with van der Waals surface area (Å²) < 4.78 is 7.07. The summed E-state index contributed by atoms with van der Waals surface area (Å²) in [5.41, 5.74) is 1.42. The molecule has 1 atom stereocenters. The third-order valence-electron chi connectivity index (χ3n) is 4.55. The summed E-state index contributed by atoms with van der Waals surface area (Å²) in [5.74, 6) is -0.271. The van der Waals surface area contributed by atoms with Crippen molar-refractivity contribution in [2.75, 3.05) is 19.7 Å². The predicted molar refractivity (Wildman–Crippen MR) is 96.6 cm³/mol. The zero-order valence-electron chi connectivity index (χ0n) is 16.3. The van der Waals surface area contributed by atoms with Crippen molar-refractivity contribution in [3.63, 3.8) is 0 Å². The first kappa shape index (κ1) is 19.5. The van der Waals surface area contributed by atoms with Crippen LogP contribution in [0.4, 0.5) is 0 Å². The number of hydrogen-bond acceptors (Lipinski definition) is 4. The second-order valence-corrected chi connectivity index (χ2v) is 8.02. The lowest BCUT2D eigenvalue weighted by atomic mass is 9.96. The van der Waals surface area contributed by atoms with Crippen LogP contribution in [0.5, 0.6) is 0 Å². The molecule has 2 heterocycles. The van der Waals surface area contributed by atoms with Crippen LogP contribution in [0.1, 0.15) is 76.4 Å². The van der Waals surface area contributed by atoms with Gasteiger partial charge >= 0.3 is 5.97 Å². The molecule has 25 heavy (non-hydrogen) atoms. The van der Waals surface area contributed by atoms with Crippen molar-refractivity contribution < 1.29 is 14.3 Å². The van der Waals surface area contributed by atoms with E-state index in [4.69, 9.17) is 4.74 Å². The molecule has 0 N–H and O–H groups in total. The van der Waals surface area contributed by atoms with Gasteiger partial charge in [0.2, 0.25) is 0 Å². The minimum absolute atomic E-state index is 0.0341. The van der Waals surface area contributed by atoms with Gasteiger partial charge < -0.3 is 9.64 Å². The molecule has 6 heteroatoms. The fourth-order valence-corrected chi connectivity index (χ4v) is 3.40. The second kappa shape index (κ2) is 7.58. The predicted octanol–water partition coefficient (Wildman–Crippen LogP) is 3.18. The molecule has 0 aliphatic carbocycles. The van der Waals surface area contributed by atoms with Gasteiger partial charge in [0.15, 0.2) is 0 Å². The van der Waals surface area contributed by atoms with Crippen molar-refractivity contribution in [2.45, 2.75) is 65.8 Å². The van der Waals surface area contributed by atoms with E-state index in [1.807, 2.05) is 4.68 Å². The first-order valence-electron chi connectivity index (χ1n) is 9.21. The second-order valence-electron chi connectivity index (χ2n) is 8.02. The summed E-state index contributed by atoms with van der Waals surface area (Å²) in [7, 11) is 0. The van der Waals surface area contributed by atoms with Crippen molar-refractivity contribution in [3.05, 3.63) is 17.5 Å². The van der Waals surface area contributed by atoms with Crippen molar-refractivity contribution in [1.29, 1.82) is 0 Å². The molecule has 1 aliphatic rings. The quantitative estimate of drug-likeness (QED) is 0.783. The van der Waals surface area contributed by atoms with E-state index in [1.165, 1.54) is 0 Å². The molecule has 6 nitrogen and oxygen atoms in total. The lowest BCUT2D eigenvalue weighted by Gasteiger charge is -2.32. The Bertz CT molecular complexity index is 628. The van der Waals surface area contributed by atoms with Crippen molar-refractivity contribution >= 4 is 11.9 Å². The number of piperidine rings is 1. The molecule has 0 saturated carbocycles. The molecule has 1 amide bonds. The molecule has 1 fully saturated rings. The minimum Gasteiger partial charge on any atom is -0.466 e. The van der Waals surface area contributed by atoms with Gasteiger partial charge in [-0.05, 0) is 46.5 Å². The molecule has 1 aromatic rings. The highest BCUT2D eigenvalue weighted by Crippen LogP contribution is 2.28. The Morgan fingerprint density at radius 2 is 2.04 bits per heavy atom. The number of carbonyl (C=O) groups excluding carboxylic acids is 2. The van der Waals surface area contributed by atoms with Crippen LogP contribution in [0.2, 0.25) is 0 Å². The topological polar surface area (TPSA) is 64.4 Å². The van der Waals surface area contributed by atoms with E-state index in [9.17, 15) is 9.59 Å². The molecule has 1 saturated heterocycles. The summed E-state index contributed by atoms with van der Waals surface area (Å²) in [6.45, 7) is 13.7. The van der Waals surface area contributed by atoms with E-state index >= 15 is 0 Å². The summed E-state index contributed by atoms with van der Waals surface area (Å²) in [6, 6.07) is 0. The van der Waals surface area contributed by atoms with Crippen LogP contribution in [0.15, 0.2) is 6.20 Å². The zero-order valence-corrected chi connectivity index (χ0v) is 16.3. The van der Waals surface area contributed by atoms with Gasteiger partial charge in [-0.1, -0.05) is 13.8 Å². The minimum atomic E-state index is -0.224. The summed E-state index contributed by atoms with van der Waals surface area (Å²) in [5, 5.41) is 4.49. The van der Waals surface area contributed by atoms with Crippen molar-refractivity contribution in [2.24, 2.45) is 5.92 Å². The molecule has 140 valence electrons. The van der Waals surface area contributed by atoms with E-state index < -0.39 is 0 Å². The van der Waals surface area contributed by atoms with E-state index in [0.717, 1.165) is 18.5 Å². The Morgan fingerprint density at radius 3 is 2.60 bits per heavy atom. The largest absolute Gasteiger partial charge is 0.466 e. The third kappa shape index (κ3) is 4.22. The SMILES string of the molecule is CCOC(=O)[C@@H]1CCCN(C(=O)c2cnn(C(C)(C)C)c2C(C)C)C1. The molecule has 2 rings (SSSR count). The first-order valence-corrected chi connectivity index (χ1v) is 9.21. The van der Waals surface area contributed by atoms with Crippen LogP contribution >= 0.6 is 0 Å². The molecule has 1 aromatic heterocycles. The van der Waals surface area contributed by atoms with Crippen LogP contribution < -0.4 is 0 Å². The molecular weight excluding hydrogens is 318 g/mol. The highest BCUT2D eigenvalue weighted by atomic mass is 16.5. The van der Waals surface area contributed by atoms with Crippen molar-refractivity contribution in [1.82, 2.24) is 14.7 Å². The molecular formula is C19H31N3O3. The Labute approximate surface area is 150 Å². The summed E-state index contributed by atoms with van der Waals surface area (Å²) >= 11 is 0. The van der Waals surface area contributed by atoms with Gasteiger partial charge in [-0.25, -0.2) is 0 Å². The van der Waals surface area contributed by atoms with Crippen LogP contribution in [-0.4, -0.2) is 46.3 Å². The van der Waals surface area contributed by atoms with Crippen LogP contribution in [0.3, 0.4) is 0 Å². The number of aromatic nitrogens is 2. The summed E-state index contributed by atoms with van der Waals surface area (Å²) in [4.78, 5) is 26.9. The lowest BCUT2D eigenvalue weighted by molar-refractivity contribution is -0.149. The highest BCUT2D eigenvalue weighted by molar-refractivity contribution is 5.95. The number of hydrogen-bond donors (Lipinski definition) is 0. The molecule has 1 aliphatic heterocycles. The fourth-order valence-electron chi connectivity index (χ4n) is 3.40. The Hall–Kier alpha value is -1.85. The average Bonchev–Trinajstić information content (AvgIpc) is 3.00. The lowest BCUT2D eigenvalue weighted by Crippen LogP contribution is -2.43. The Morgan fingerprint density at radius 1 is 1.36 bits per heavy atom.